The fraction of sp³-hybridized carbons (Fsp3) is 0.121. The van der Waals surface area contributed by atoms with Crippen LogP contribution in [0.1, 0.15) is 24.3 Å². The van der Waals surface area contributed by atoms with E-state index in [2.05, 4.69) is 10.3 Å². The lowest BCUT2D eigenvalue weighted by atomic mass is 9.94. The number of rotatable bonds is 8. The molecule has 0 saturated heterocycles. The predicted molar refractivity (Wildman–Crippen MR) is 174 cm³/mol. The lowest BCUT2D eigenvalue weighted by Crippen LogP contribution is -2.40. The number of allylic oxidation sites excluding steroid dienone is 1. The number of hydrogen-bond acceptors (Lipinski definition) is 9. The van der Waals surface area contributed by atoms with E-state index < -0.39 is 22.4 Å². The van der Waals surface area contributed by atoms with Crippen molar-refractivity contribution in [3.8, 4) is 22.8 Å². The zero-order chi connectivity index (χ0) is 32.5. The summed E-state index contributed by atoms with van der Waals surface area (Å²) in [6, 6.07) is 20.6. The van der Waals surface area contributed by atoms with Crippen LogP contribution in [0.15, 0.2) is 104 Å². The molecule has 0 spiro atoms. The number of aromatic nitrogens is 1. The van der Waals surface area contributed by atoms with Crippen LogP contribution in [0.5, 0.6) is 11.5 Å². The Bertz CT molecular complexity index is 2220. The van der Waals surface area contributed by atoms with E-state index in [1.54, 1.807) is 55.5 Å². The van der Waals surface area contributed by atoms with Gasteiger partial charge in [-0.2, -0.15) is 0 Å². The first kappa shape index (κ1) is 30.6. The van der Waals surface area contributed by atoms with E-state index in [1.165, 1.54) is 37.0 Å². The molecule has 0 fully saturated rings. The van der Waals surface area contributed by atoms with Crippen LogP contribution in [-0.2, 0) is 4.79 Å². The minimum atomic E-state index is -0.890. The van der Waals surface area contributed by atoms with Gasteiger partial charge in [0.15, 0.2) is 4.80 Å². The number of carbonyl (C=O) groups excluding carboxylic acids is 1. The van der Waals surface area contributed by atoms with Crippen LogP contribution in [0.25, 0.3) is 17.4 Å². The Kier molecular flexibility index (Phi) is 8.31. The average Bonchev–Trinajstić information content (AvgIpc) is 3.64. The molecule has 0 bridgehead atoms. The van der Waals surface area contributed by atoms with Crippen molar-refractivity contribution in [3.05, 3.63) is 136 Å². The van der Waals surface area contributed by atoms with E-state index in [-0.39, 0.29) is 16.3 Å². The highest BCUT2D eigenvalue weighted by Crippen LogP contribution is 2.38. The van der Waals surface area contributed by atoms with Crippen molar-refractivity contribution >= 4 is 46.3 Å². The number of para-hydroxylation sites is 1. The second-order valence-corrected chi connectivity index (χ2v) is 11.5. The molecule has 232 valence electrons. The molecule has 46 heavy (non-hydrogen) atoms. The molecule has 13 heteroatoms. The van der Waals surface area contributed by atoms with Crippen LogP contribution in [0.4, 0.5) is 11.4 Å². The largest absolute Gasteiger partial charge is 0.497 e. The predicted octanol–water partition coefficient (Wildman–Crippen LogP) is 5.71. The molecular weight excluding hydrogens is 632 g/mol. The Morgan fingerprint density at radius 3 is 2.59 bits per heavy atom. The minimum Gasteiger partial charge on any atom is -0.497 e. The third-order valence-corrected chi connectivity index (χ3v) is 8.67. The zero-order valence-electron chi connectivity index (χ0n) is 24.6. The number of fused-ring (bicyclic) bond motifs is 1. The molecular formula is C33H25ClN4O7S. The Morgan fingerprint density at radius 1 is 1.09 bits per heavy atom. The smallest absolute Gasteiger partial charge is 0.271 e. The number of amides is 1. The lowest BCUT2D eigenvalue weighted by Gasteiger charge is -2.26. The summed E-state index contributed by atoms with van der Waals surface area (Å²) in [5.74, 6) is 1.15. The number of carbonyl (C=O) groups is 1. The van der Waals surface area contributed by atoms with E-state index >= 15 is 0 Å². The molecule has 1 aliphatic rings. The maximum atomic E-state index is 14.1. The first-order valence-electron chi connectivity index (χ1n) is 13.8. The molecule has 0 aliphatic carbocycles. The molecule has 11 nitrogen and oxygen atoms in total. The van der Waals surface area contributed by atoms with E-state index in [0.717, 1.165) is 11.3 Å². The zero-order valence-corrected chi connectivity index (χ0v) is 26.2. The molecule has 0 saturated carbocycles. The molecule has 3 aromatic carbocycles. The monoisotopic (exact) mass is 656 g/mol. The molecule has 1 N–H and O–H groups in total. The molecule has 2 aromatic heterocycles. The third-order valence-electron chi connectivity index (χ3n) is 7.36. The Hall–Kier alpha value is -5.46. The van der Waals surface area contributed by atoms with Crippen LogP contribution in [0, 0.1) is 10.1 Å². The van der Waals surface area contributed by atoms with Crippen LogP contribution >= 0.6 is 22.9 Å². The van der Waals surface area contributed by atoms with Crippen molar-refractivity contribution < 1.29 is 23.6 Å². The second kappa shape index (κ2) is 12.5. The Labute approximate surface area is 270 Å². The van der Waals surface area contributed by atoms with Gasteiger partial charge in [0.1, 0.15) is 29.1 Å². The summed E-state index contributed by atoms with van der Waals surface area (Å²) < 4.78 is 18.8. The van der Waals surface area contributed by atoms with E-state index in [0.29, 0.717) is 54.9 Å². The first-order valence-corrected chi connectivity index (χ1v) is 15.0. The first-order chi connectivity index (χ1) is 22.2. The van der Waals surface area contributed by atoms with Crippen LogP contribution in [0.3, 0.4) is 0 Å². The summed E-state index contributed by atoms with van der Waals surface area (Å²) in [7, 11) is 3.04. The Morgan fingerprint density at radius 2 is 1.87 bits per heavy atom. The number of halogens is 1. The molecule has 6 rings (SSSR count). The van der Waals surface area contributed by atoms with Gasteiger partial charge < -0.3 is 19.2 Å². The average molecular weight is 657 g/mol. The molecule has 1 aliphatic heterocycles. The number of thiazole rings is 1. The topological polar surface area (TPSA) is 138 Å². The number of furan rings is 1. The number of hydrogen-bond donors (Lipinski definition) is 1. The maximum absolute atomic E-state index is 14.1. The summed E-state index contributed by atoms with van der Waals surface area (Å²) >= 11 is 7.44. The van der Waals surface area contributed by atoms with Crippen molar-refractivity contribution in [2.75, 3.05) is 19.5 Å². The van der Waals surface area contributed by atoms with E-state index in [9.17, 15) is 19.7 Å². The fourth-order valence-electron chi connectivity index (χ4n) is 5.19. The highest BCUT2D eigenvalue weighted by atomic mass is 35.5. The molecule has 3 heterocycles. The van der Waals surface area contributed by atoms with Crippen molar-refractivity contribution in [1.29, 1.82) is 0 Å². The summed E-state index contributed by atoms with van der Waals surface area (Å²) in [6.45, 7) is 1.72. The lowest BCUT2D eigenvalue weighted by molar-refractivity contribution is -0.384. The highest BCUT2D eigenvalue weighted by molar-refractivity contribution is 7.07. The number of nitrogens with one attached hydrogen (secondary N) is 1. The van der Waals surface area contributed by atoms with Gasteiger partial charge in [-0.3, -0.25) is 24.3 Å². The second-order valence-electron chi connectivity index (χ2n) is 10.1. The molecule has 1 atom stereocenters. The standard InChI is InChI=1S/C33H25ClN4O7S/c1-18-29(31(39)36-19-7-5-4-6-8-19)30(23-12-10-21(43-2)16-27(23)44-3)37-32(40)28(46-33(37)35-18)17-22-11-14-26(45-22)24-15-20(38(41)42)9-13-25(24)34/h4-17,30H,1-3H3,(H,36,39)/b28-17-/t30-/m1/s1. The number of nitro benzene ring substituents is 1. The van der Waals surface area contributed by atoms with Crippen molar-refractivity contribution in [2.24, 2.45) is 4.99 Å². The van der Waals surface area contributed by atoms with Crippen LogP contribution < -0.4 is 29.7 Å². The van der Waals surface area contributed by atoms with Gasteiger partial charge in [0.05, 0.1) is 40.0 Å². The number of anilines is 1. The maximum Gasteiger partial charge on any atom is 0.271 e. The molecule has 0 unspecified atom stereocenters. The minimum absolute atomic E-state index is 0.137. The van der Waals surface area contributed by atoms with E-state index in [4.69, 9.17) is 25.5 Å². The van der Waals surface area contributed by atoms with Gasteiger partial charge in [-0.25, -0.2) is 4.99 Å². The number of nitrogens with zero attached hydrogens (tertiary/aromatic N) is 3. The van der Waals surface area contributed by atoms with Crippen molar-refractivity contribution in [1.82, 2.24) is 4.57 Å². The van der Waals surface area contributed by atoms with Gasteiger partial charge in [0.2, 0.25) is 0 Å². The number of ether oxygens (including phenoxy) is 2. The summed E-state index contributed by atoms with van der Waals surface area (Å²) in [4.78, 5) is 43.8. The van der Waals surface area contributed by atoms with Crippen LogP contribution in [0.2, 0.25) is 5.02 Å². The highest BCUT2D eigenvalue weighted by Gasteiger charge is 2.34. The van der Waals surface area contributed by atoms with Crippen LogP contribution in [-0.4, -0.2) is 29.6 Å². The van der Waals surface area contributed by atoms with Gasteiger partial charge in [-0.15, -0.1) is 0 Å². The fourth-order valence-corrected chi connectivity index (χ4v) is 6.43. The number of non-ortho nitro benzene ring substituents is 1. The van der Waals surface area contributed by atoms with Gasteiger partial charge in [0, 0.05) is 41.1 Å². The summed E-state index contributed by atoms with van der Waals surface area (Å²) in [5, 5.41) is 14.5. The summed E-state index contributed by atoms with van der Waals surface area (Å²) in [6.07, 6.45) is 1.56. The number of methoxy groups -OCH3 is 2. The van der Waals surface area contributed by atoms with Gasteiger partial charge >= 0.3 is 0 Å². The normalized spacial score (nSPS) is 14.4. The number of nitro groups is 1. The van der Waals surface area contributed by atoms with Crippen molar-refractivity contribution in [3.63, 3.8) is 0 Å². The SMILES string of the molecule is COc1ccc([C@@H]2C(C(=O)Nc3ccccc3)=C(C)N=c3s/c(=C\c4ccc(-c5cc([N+](=O)[O-])ccc5Cl)o4)c(=O)n32)c(OC)c1. The quantitative estimate of drug-likeness (QED) is 0.167. The van der Waals surface area contributed by atoms with Gasteiger partial charge in [-0.1, -0.05) is 41.1 Å². The van der Waals surface area contributed by atoms with Crippen molar-refractivity contribution in [2.45, 2.75) is 13.0 Å². The Balaban J connectivity index is 1.48. The number of benzene rings is 3. The molecule has 5 aromatic rings. The van der Waals surface area contributed by atoms with E-state index in [1.807, 2.05) is 18.2 Å². The van der Waals surface area contributed by atoms with Gasteiger partial charge in [-0.05, 0) is 49.4 Å². The van der Waals surface area contributed by atoms with Gasteiger partial charge in [0.25, 0.3) is 17.2 Å². The summed E-state index contributed by atoms with van der Waals surface area (Å²) in [5.41, 5.74) is 1.65. The third kappa shape index (κ3) is 5.71. The molecule has 0 radical (unpaired) electrons. The molecule has 1 amide bonds.